The van der Waals surface area contributed by atoms with Crippen molar-refractivity contribution in [2.75, 3.05) is 57.8 Å². The number of likely N-dealkylation sites (N-methyl/N-ethyl adjacent to an activating group) is 1. The van der Waals surface area contributed by atoms with Crippen LogP contribution in [0.5, 0.6) is 5.75 Å². The van der Waals surface area contributed by atoms with Crippen molar-refractivity contribution >= 4 is 39.9 Å². The number of hydrogen-bond donors (Lipinski definition) is 3. The van der Waals surface area contributed by atoms with E-state index in [9.17, 15) is 4.79 Å². The molecule has 0 bridgehead atoms. The van der Waals surface area contributed by atoms with Gasteiger partial charge in [-0.2, -0.15) is 0 Å². The number of para-hydroxylation sites is 1. The van der Waals surface area contributed by atoms with Crippen molar-refractivity contribution in [1.82, 2.24) is 19.4 Å². The van der Waals surface area contributed by atoms with Crippen molar-refractivity contribution in [2.24, 2.45) is 7.05 Å². The molecule has 0 spiro atoms. The number of ether oxygens (including phenoxy) is 2. The minimum Gasteiger partial charge on any atom is -0.494 e. The Morgan fingerprint density at radius 3 is 2.67 bits per heavy atom. The highest BCUT2D eigenvalue weighted by atomic mass is 16.5. The highest BCUT2D eigenvalue weighted by Crippen LogP contribution is 2.36. The van der Waals surface area contributed by atoms with Gasteiger partial charge in [-0.1, -0.05) is 18.2 Å². The van der Waals surface area contributed by atoms with Crippen LogP contribution in [-0.2, 0) is 11.8 Å². The second-order valence-corrected chi connectivity index (χ2v) is 8.61. The van der Waals surface area contributed by atoms with Gasteiger partial charge in [0.05, 0.1) is 37.0 Å². The summed E-state index contributed by atoms with van der Waals surface area (Å²) in [5.74, 6) is 0.347. The summed E-state index contributed by atoms with van der Waals surface area (Å²) >= 11 is 0. The maximum absolute atomic E-state index is 12.6. The van der Waals surface area contributed by atoms with Gasteiger partial charge >= 0.3 is 5.97 Å². The first-order chi connectivity index (χ1) is 17.3. The smallest absolute Gasteiger partial charge is 0.341 e. The number of methoxy groups -OCH3 is 2. The van der Waals surface area contributed by atoms with Crippen molar-refractivity contribution in [3.63, 3.8) is 0 Å². The topological polar surface area (TPSA) is 120 Å². The molecule has 4 aromatic rings. The Balaban J connectivity index is 1.73. The number of fused-ring (bicyclic) bond motifs is 1. The molecular weight excluding hydrogens is 458 g/mol. The van der Waals surface area contributed by atoms with Crippen molar-refractivity contribution in [3.8, 4) is 17.0 Å². The van der Waals surface area contributed by atoms with Crippen molar-refractivity contribution < 1.29 is 14.3 Å². The second kappa shape index (κ2) is 10.5. The first kappa shape index (κ1) is 24.8. The molecule has 0 aliphatic carbocycles. The van der Waals surface area contributed by atoms with Gasteiger partial charge in [-0.25, -0.2) is 14.8 Å². The van der Waals surface area contributed by atoms with E-state index < -0.39 is 5.97 Å². The van der Waals surface area contributed by atoms with E-state index in [1.54, 1.807) is 13.2 Å². The number of nitrogens with one attached hydrogen (secondary N) is 2. The Morgan fingerprint density at radius 1 is 1.17 bits per heavy atom. The minimum atomic E-state index is -0.514. The minimum absolute atomic E-state index is 0.270. The zero-order chi connectivity index (χ0) is 25.8. The maximum atomic E-state index is 12.6. The van der Waals surface area contributed by atoms with Crippen LogP contribution in [0.25, 0.3) is 22.2 Å². The lowest BCUT2D eigenvalue weighted by atomic mass is 10.1. The van der Waals surface area contributed by atoms with Gasteiger partial charge < -0.3 is 35.3 Å². The Morgan fingerprint density at radius 2 is 1.94 bits per heavy atom. The van der Waals surface area contributed by atoms with Crippen LogP contribution in [0.2, 0.25) is 0 Å². The van der Waals surface area contributed by atoms with Gasteiger partial charge in [0, 0.05) is 55.1 Å². The molecule has 2 aromatic heterocycles. The molecule has 0 radical (unpaired) electrons. The number of nitrogens with two attached hydrogens (primary N) is 1. The van der Waals surface area contributed by atoms with Gasteiger partial charge in [-0.3, -0.25) is 0 Å². The van der Waals surface area contributed by atoms with Gasteiger partial charge in [0.2, 0.25) is 5.95 Å². The molecule has 188 valence electrons. The zero-order valence-electron chi connectivity index (χ0n) is 21.1. The molecule has 0 aliphatic heterocycles. The third-order valence-electron chi connectivity index (χ3n) is 5.84. The predicted octanol–water partition coefficient (Wildman–Crippen LogP) is 3.73. The summed E-state index contributed by atoms with van der Waals surface area (Å²) in [6.07, 6.45) is 3.40. The lowest BCUT2D eigenvalue weighted by Gasteiger charge is -2.17. The van der Waals surface area contributed by atoms with E-state index in [0.717, 1.165) is 35.2 Å². The van der Waals surface area contributed by atoms with Gasteiger partial charge in [-0.05, 0) is 26.2 Å². The number of nitrogens with zero attached hydrogens (tertiary/aromatic N) is 4. The molecule has 0 saturated heterocycles. The summed E-state index contributed by atoms with van der Waals surface area (Å²) in [5, 5.41) is 7.48. The Bertz CT molecular complexity index is 1400. The lowest BCUT2D eigenvalue weighted by Crippen LogP contribution is -2.21. The quantitative estimate of drug-likeness (QED) is 0.239. The molecule has 0 atom stereocenters. The number of carbonyl (C=O) groups excluding carboxylic acids is 1. The largest absolute Gasteiger partial charge is 0.494 e. The summed E-state index contributed by atoms with van der Waals surface area (Å²) in [6.45, 7) is 1.60. The van der Waals surface area contributed by atoms with Crippen molar-refractivity contribution in [2.45, 2.75) is 0 Å². The number of aromatic nitrogens is 3. The van der Waals surface area contributed by atoms with Crippen LogP contribution in [0.4, 0.5) is 23.0 Å². The summed E-state index contributed by atoms with van der Waals surface area (Å²) in [4.78, 5) is 23.7. The van der Waals surface area contributed by atoms with Crippen LogP contribution < -0.4 is 21.1 Å². The molecule has 10 nitrogen and oxygen atoms in total. The highest BCUT2D eigenvalue weighted by Gasteiger charge is 2.21. The van der Waals surface area contributed by atoms with Crippen LogP contribution in [0.15, 0.2) is 48.8 Å². The number of carbonyl (C=O) groups is 1. The first-order valence-corrected chi connectivity index (χ1v) is 11.4. The molecule has 4 rings (SSSR count). The second-order valence-electron chi connectivity index (χ2n) is 8.61. The molecule has 0 fully saturated rings. The molecular formula is C26H31N7O3. The number of benzene rings is 2. The summed E-state index contributed by atoms with van der Waals surface area (Å²) < 4.78 is 12.6. The first-order valence-electron chi connectivity index (χ1n) is 11.4. The van der Waals surface area contributed by atoms with Crippen LogP contribution in [-0.4, -0.2) is 66.8 Å². The summed E-state index contributed by atoms with van der Waals surface area (Å²) in [7, 11) is 8.89. The van der Waals surface area contributed by atoms with Gasteiger partial charge in [0.15, 0.2) is 0 Å². The van der Waals surface area contributed by atoms with E-state index in [1.807, 2.05) is 62.2 Å². The van der Waals surface area contributed by atoms with Crippen LogP contribution in [0.3, 0.4) is 0 Å². The maximum Gasteiger partial charge on any atom is 0.341 e. The highest BCUT2D eigenvalue weighted by molar-refractivity contribution is 6.02. The molecule has 0 saturated carbocycles. The third-order valence-corrected chi connectivity index (χ3v) is 5.84. The Kier molecular flexibility index (Phi) is 7.25. The predicted molar refractivity (Wildman–Crippen MR) is 143 cm³/mol. The number of nitrogen functional groups attached to an aromatic ring is 1. The van der Waals surface area contributed by atoms with Crippen molar-refractivity contribution in [3.05, 3.63) is 54.4 Å². The third kappa shape index (κ3) is 5.03. The standard InChI is InChI=1S/C26H31N7O3/c1-32(2)11-10-28-20-13-23(35-4)21(12-19(20)27)30-26-29-14-17(25(34)36-5)24(31-26)18-15-33(3)22-9-7-6-8-16(18)22/h6-9,12-15,28H,10-11,27H2,1-5H3,(H,29,30,31). The normalized spacial score (nSPS) is 11.1. The molecule has 10 heteroatoms. The van der Waals surface area contributed by atoms with Gasteiger partial charge in [0.1, 0.15) is 11.3 Å². The fourth-order valence-electron chi connectivity index (χ4n) is 3.99. The Hall–Kier alpha value is -4.31. The number of aryl methyl sites for hydroxylation is 1. The van der Waals surface area contributed by atoms with E-state index in [0.29, 0.717) is 22.8 Å². The summed E-state index contributed by atoms with van der Waals surface area (Å²) in [6, 6.07) is 11.5. The van der Waals surface area contributed by atoms with Crippen LogP contribution >= 0.6 is 0 Å². The van der Waals surface area contributed by atoms with E-state index in [2.05, 4.69) is 20.5 Å². The average Bonchev–Trinajstić information content (AvgIpc) is 3.21. The number of hydrogen-bond acceptors (Lipinski definition) is 9. The molecule has 0 aliphatic rings. The molecule has 0 unspecified atom stereocenters. The van der Waals surface area contributed by atoms with Crippen LogP contribution in [0.1, 0.15) is 10.4 Å². The van der Waals surface area contributed by atoms with Gasteiger partial charge in [0.25, 0.3) is 0 Å². The molecule has 4 N–H and O–H groups in total. The molecule has 2 aromatic carbocycles. The monoisotopic (exact) mass is 489 g/mol. The fraction of sp³-hybridized carbons (Fsp3) is 0.269. The zero-order valence-corrected chi connectivity index (χ0v) is 21.1. The fourth-order valence-corrected chi connectivity index (χ4v) is 3.99. The number of anilines is 4. The van der Waals surface area contributed by atoms with Crippen LogP contribution in [0, 0.1) is 0 Å². The Labute approximate surface area is 210 Å². The van der Waals surface area contributed by atoms with E-state index in [4.69, 9.17) is 20.2 Å². The summed E-state index contributed by atoms with van der Waals surface area (Å²) in [5.41, 5.74) is 10.8. The molecule has 0 amide bonds. The number of esters is 1. The van der Waals surface area contributed by atoms with E-state index >= 15 is 0 Å². The van der Waals surface area contributed by atoms with Crippen molar-refractivity contribution in [1.29, 1.82) is 0 Å². The lowest BCUT2D eigenvalue weighted by molar-refractivity contribution is 0.0601. The molecule has 36 heavy (non-hydrogen) atoms. The number of rotatable bonds is 9. The van der Waals surface area contributed by atoms with Gasteiger partial charge in [-0.15, -0.1) is 0 Å². The SMILES string of the molecule is COC(=O)c1cnc(Nc2cc(N)c(NCCN(C)C)cc2OC)nc1-c1cn(C)c2ccccc12. The average molecular weight is 490 g/mol. The molecule has 2 heterocycles. The van der Waals surface area contributed by atoms with E-state index in [1.165, 1.54) is 13.3 Å². The van der Waals surface area contributed by atoms with E-state index in [-0.39, 0.29) is 11.5 Å².